The highest BCUT2D eigenvalue weighted by molar-refractivity contribution is 5.92. The molecule has 1 aromatic rings. The molecule has 0 aromatic heterocycles. The van der Waals surface area contributed by atoms with Crippen LogP contribution in [0.4, 0.5) is 5.69 Å². The van der Waals surface area contributed by atoms with Crippen molar-refractivity contribution in [1.29, 1.82) is 0 Å². The molecule has 94 valence electrons. The number of rotatable bonds is 6. The van der Waals surface area contributed by atoms with E-state index in [0.29, 0.717) is 24.4 Å². The third-order valence-electron chi connectivity index (χ3n) is 2.18. The van der Waals surface area contributed by atoms with Crippen LogP contribution in [0.1, 0.15) is 18.6 Å². The molecule has 0 aliphatic carbocycles. The predicted octanol–water partition coefficient (Wildman–Crippen LogP) is 0.654. The number of anilines is 1. The first kappa shape index (κ1) is 13.6. The molecule has 0 aliphatic rings. The van der Waals surface area contributed by atoms with E-state index in [-0.39, 0.29) is 12.5 Å². The van der Waals surface area contributed by atoms with Crippen LogP contribution in [0.2, 0.25) is 0 Å². The Labute approximate surface area is 101 Å². The molecular weight excluding hydrogens is 220 g/mol. The number of aliphatic hydroxyl groups excluding tert-OH is 1. The van der Waals surface area contributed by atoms with Crippen molar-refractivity contribution in [3.8, 4) is 0 Å². The largest absolute Gasteiger partial charge is 0.389 e. The zero-order valence-electron chi connectivity index (χ0n) is 9.85. The molecule has 5 heteroatoms. The second-order valence-electron chi connectivity index (χ2n) is 3.65. The third kappa shape index (κ3) is 4.52. The first-order valence-corrected chi connectivity index (χ1v) is 5.49. The van der Waals surface area contributed by atoms with Gasteiger partial charge in [0.05, 0.1) is 12.7 Å². The summed E-state index contributed by atoms with van der Waals surface area (Å²) in [4.78, 5) is 11.5. The number of amides is 1. The van der Waals surface area contributed by atoms with Crippen LogP contribution in [0.15, 0.2) is 24.3 Å². The van der Waals surface area contributed by atoms with Crippen LogP contribution in [-0.2, 0) is 9.53 Å². The van der Waals surface area contributed by atoms with Gasteiger partial charge in [0.2, 0.25) is 5.91 Å². The summed E-state index contributed by atoms with van der Waals surface area (Å²) in [6.07, 6.45) is -0.628. The van der Waals surface area contributed by atoms with Crippen molar-refractivity contribution < 1.29 is 14.6 Å². The van der Waals surface area contributed by atoms with E-state index in [4.69, 9.17) is 10.5 Å². The molecule has 1 atom stereocenters. The molecule has 0 aliphatic heterocycles. The third-order valence-corrected chi connectivity index (χ3v) is 2.18. The van der Waals surface area contributed by atoms with Gasteiger partial charge in [0.15, 0.2) is 0 Å². The number of nitrogens with two attached hydrogens (primary N) is 1. The quantitative estimate of drug-likeness (QED) is 0.635. The molecule has 4 N–H and O–H groups in total. The number of aliphatic hydroxyl groups is 1. The highest BCUT2D eigenvalue weighted by Crippen LogP contribution is 2.21. The van der Waals surface area contributed by atoms with Crippen molar-refractivity contribution in [2.45, 2.75) is 13.0 Å². The van der Waals surface area contributed by atoms with Crippen LogP contribution in [0.25, 0.3) is 0 Å². The van der Waals surface area contributed by atoms with Gasteiger partial charge in [-0.2, -0.15) is 0 Å². The molecule has 0 radical (unpaired) electrons. The van der Waals surface area contributed by atoms with Gasteiger partial charge in [-0.05, 0) is 13.0 Å². The number of benzene rings is 1. The maximum Gasteiger partial charge on any atom is 0.250 e. The maximum absolute atomic E-state index is 11.5. The van der Waals surface area contributed by atoms with Gasteiger partial charge in [0.25, 0.3) is 0 Å². The van der Waals surface area contributed by atoms with Crippen LogP contribution >= 0.6 is 0 Å². The number of hydrogen-bond acceptors (Lipinski definition) is 4. The zero-order valence-corrected chi connectivity index (χ0v) is 9.85. The number of carbonyl (C=O) groups is 1. The number of nitrogens with one attached hydrogen (secondary N) is 1. The number of ether oxygens (including phenoxy) is 1. The summed E-state index contributed by atoms with van der Waals surface area (Å²) in [7, 11) is 0. The van der Waals surface area contributed by atoms with Gasteiger partial charge in [0.1, 0.15) is 6.61 Å². The van der Waals surface area contributed by atoms with E-state index >= 15 is 0 Å². The fourth-order valence-corrected chi connectivity index (χ4v) is 1.41. The Kier molecular flexibility index (Phi) is 5.62. The van der Waals surface area contributed by atoms with Gasteiger partial charge >= 0.3 is 0 Å². The molecule has 0 saturated heterocycles. The van der Waals surface area contributed by atoms with Crippen LogP contribution in [0.3, 0.4) is 0 Å². The summed E-state index contributed by atoms with van der Waals surface area (Å²) >= 11 is 0. The summed E-state index contributed by atoms with van der Waals surface area (Å²) in [5.74, 6) is -0.258. The van der Waals surface area contributed by atoms with E-state index in [1.165, 1.54) is 0 Å². The molecule has 0 bridgehead atoms. The monoisotopic (exact) mass is 238 g/mol. The van der Waals surface area contributed by atoms with Gasteiger partial charge in [-0.3, -0.25) is 4.79 Å². The first-order valence-electron chi connectivity index (χ1n) is 5.49. The van der Waals surface area contributed by atoms with Crippen LogP contribution in [-0.4, -0.2) is 30.8 Å². The van der Waals surface area contributed by atoms with Crippen molar-refractivity contribution in [3.63, 3.8) is 0 Å². The Morgan fingerprint density at radius 1 is 1.53 bits per heavy atom. The smallest absolute Gasteiger partial charge is 0.250 e. The lowest BCUT2D eigenvalue weighted by Gasteiger charge is -2.12. The number of carbonyl (C=O) groups excluding carboxylic acids is 1. The fourth-order valence-electron chi connectivity index (χ4n) is 1.41. The van der Waals surface area contributed by atoms with Gasteiger partial charge in [0, 0.05) is 17.8 Å². The summed E-state index contributed by atoms with van der Waals surface area (Å²) in [5, 5.41) is 12.2. The summed E-state index contributed by atoms with van der Waals surface area (Å²) in [5.41, 5.74) is 6.52. The molecule has 1 amide bonds. The van der Waals surface area contributed by atoms with E-state index in [0.717, 1.165) is 0 Å². The van der Waals surface area contributed by atoms with Crippen LogP contribution in [0.5, 0.6) is 0 Å². The van der Waals surface area contributed by atoms with Gasteiger partial charge in [-0.25, -0.2) is 0 Å². The average Bonchev–Trinajstić information content (AvgIpc) is 2.29. The minimum Gasteiger partial charge on any atom is -0.389 e. The van der Waals surface area contributed by atoms with Crippen molar-refractivity contribution in [1.82, 2.24) is 0 Å². The summed E-state index contributed by atoms with van der Waals surface area (Å²) in [6, 6.07) is 7.11. The highest BCUT2D eigenvalue weighted by atomic mass is 16.5. The van der Waals surface area contributed by atoms with Crippen molar-refractivity contribution >= 4 is 11.6 Å². The summed E-state index contributed by atoms with van der Waals surface area (Å²) < 4.78 is 5.02. The van der Waals surface area contributed by atoms with Crippen LogP contribution < -0.4 is 11.1 Å². The van der Waals surface area contributed by atoms with E-state index in [2.05, 4.69) is 5.32 Å². The zero-order chi connectivity index (χ0) is 12.7. The number of hydrogen-bond donors (Lipinski definition) is 3. The molecule has 0 heterocycles. The number of para-hydroxylation sites is 1. The molecular formula is C12H18N2O3. The maximum atomic E-state index is 11.5. The lowest BCUT2D eigenvalue weighted by atomic mass is 10.1. The minimum atomic E-state index is -0.628. The van der Waals surface area contributed by atoms with E-state index in [1.807, 2.05) is 6.07 Å². The van der Waals surface area contributed by atoms with Crippen molar-refractivity contribution in [2.75, 3.05) is 25.1 Å². The molecule has 0 fully saturated rings. The SMILES string of the molecule is CC(O)c1ccccc1NC(=O)COCCN. The lowest BCUT2D eigenvalue weighted by Crippen LogP contribution is -2.21. The lowest BCUT2D eigenvalue weighted by molar-refractivity contribution is -0.120. The minimum absolute atomic E-state index is 0.0364. The molecule has 0 saturated carbocycles. The molecule has 17 heavy (non-hydrogen) atoms. The van der Waals surface area contributed by atoms with Crippen molar-refractivity contribution in [2.24, 2.45) is 5.73 Å². The normalized spacial score (nSPS) is 12.2. The van der Waals surface area contributed by atoms with E-state index < -0.39 is 6.10 Å². The average molecular weight is 238 g/mol. The molecule has 1 aromatic carbocycles. The topological polar surface area (TPSA) is 84.6 Å². The van der Waals surface area contributed by atoms with Gasteiger partial charge in [-0.1, -0.05) is 18.2 Å². The fraction of sp³-hybridized carbons (Fsp3) is 0.417. The molecule has 1 unspecified atom stereocenters. The Morgan fingerprint density at radius 2 is 2.24 bits per heavy atom. The van der Waals surface area contributed by atoms with Gasteiger partial charge in [-0.15, -0.1) is 0 Å². The Balaban J connectivity index is 2.58. The Hall–Kier alpha value is -1.43. The molecule has 1 rings (SSSR count). The highest BCUT2D eigenvalue weighted by Gasteiger charge is 2.09. The standard InChI is InChI=1S/C12H18N2O3/c1-9(15)10-4-2-3-5-11(10)14-12(16)8-17-7-6-13/h2-5,9,15H,6-8,13H2,1H3,(H,14,16). The predicted molar refractivity (Wildman–Crippen MR) is 65.6 cm³/mol. The van der Waals surface area contributed by atoms with Crippen LogP contribution in [0, 0.1) is 0 Å². The molecule has 0 spiro atoms. The Morgan fingerprint density at radius 3 is 2.88 bits per heavy atom. The first-order chi connectivity index (χ1) is 8.15. The van der Waals surface area contributed by atoms with Crippen molar-refractivity contribution in [3.05, 3.63) is 29.8 Å². The molecule has 5 nitrogen and oxygen atoms in total. The Bertz CT molecular complexity index is 367. The van der Waals surface area contributed by atoms with E-state index in [1.54, 1.807) is 25.1 Å². The van der Waals surface area contributed by atoms with Gasteiger partial charge < -0.3 is 20.9 Å². The second kappa shape index (κ2) is 7.01. The summed E-state index contributed by atoms with van der Waals surface area (Å²) in [6.45, 7) is 2.35. The van der Waals surface area contributed by atoms with E-state index in [9.17, 15) is 9.90 Å². The second-order valence-corrected chi connectivity index (χ2v) is 3.65.